The summed E-state index contributed by atoms with van der Waals surface area (Å²) in [5.41, 5.74) is 14.1. The molecular formula is C28H34Cl2N2O2. The first-order chi connectivity index (χ1) is 15.8. The summed E-state index contributed by atoms with van der Waals surface area (Å²) in [6, 6.07) is 25.3. The van der Waals surface area contributed by atoms with Gasteiger partial charge in [0.05, 0.1) is 13.2 Å². The number of hydrogen-bond donors (Lipinski definition) is 2. The van der Waals surface area contributed by atoms with E-state index in [0.29, 0.717) is 26.3 Å². The second-order valence-electron chi connectivity index (χ2n) is 8.08. The Morgan fingerprint density at radius 3 is 1.41 bits per heavy atom. The molecule has 0 amide bonds. The number of unbranched alkanes of at least 4 members (excludes halogenated alkanes) is 1. The lowest BCUT2D eigenvalue weighted by Crippen LogP contribution is -2.04. The molecule has 4 nitrogen and oxygen atoms in total. The van der Waals surface area contributed by atoms with Gasteiger partial charge in [0, 0.05) is 0 Å². The molecule has 0 unspecified atom stereocenters. The molecule has 0 heterocycles. The summed E-state index contributed by atoms with van der Waals surface area (Å²) < 4.78 is 12.0. The fourth-order valence-electron chi connectivity index (χ4n) is 4.14. The number of fused-ring (bicyclic) bond motifs is 2. The minimum absolute atomic E-state index is 0. The van der Waals surface area contributed by atoms with E-state index >= 15 is 0 Å². The molecule has 0 aliphatic rings. The van der Waals surface area contributed by atoms with Crippen molar-refractivity contribution in [3.8, 4) is 11.5 Å². The van der Waals surface area contributed by atoms with Crippen LogP contribution in [0.5, 0.6) is 11.5 Å². The average Bonchev–Trinajstić information content (AvgIpc) is 2.82. The van der Waals surface area contributed by atoms with Crippen LogP contribution in [0.25, 0.3) is 21.5 Å². The lowest BCUT2D eigenvalue weighted by molar-refractivity contribution is 0.267. The summed E-state index contributed by atoms with van der Waals surface area (Å²) in [6.45, 7) is 2.64. The normalized spacial score (nSPS) is 10.5. The Labute approximate surface area is 214 Å². The number of hydrogen-bond acceptors (Lipinski definition) is 4. The van der Waals surface area contributed by atoms with Gasteiger partial charge in [-0.25, -0.2) is 0 Å². The Kier molecular flexibility index (Phi) is 11.4. The van der Waals surface area contributed by atoms with Gasteiger partial charge >= 0.3 is 0 Å². The number of nitrogens with two attached hydrogens (primary N) is 2. The number of halogens is 2. The second-order valence-corrected chi connectivity index (χ2v) is 8.08. The zero-order valence-corrected chi connectivity index (χ0v) is 21.0. The fourth-order valence-corrected chi connectivity index (χ4v) is 4.14. The van der Waals surface area contributed by atoms with Gasteiger partial charge < -0.3 is 20.9 Å². The van der Waals surface area contributed by atoms with Crippen molar-refractivity contribution >= 4 is 46.4 Å². The summed E-state index contributed by atoms with van der Waals surface area (Å²) >= 11 is 0. The Hall–Kier alpha value is -2.50. The molecule has 0 saturated heterocycles. The summed E-state index contributed by atoms with van der Waals surface area (Å²) in [6.07, 6.45) is 3.63. The standard InChI is InChI=1S/C28H32N2O2.2ClH/c29-15-13-23-7-3-5-21-9-11-25(19-27(21)23)31-17-1-2-18-32-26-12-10-22-6-4-8-24(14-16-30)28(22)20-26;;/h3-12,19-20H,1-2,13-18,29-30H2;2*1H. The van der Waals surface area contributed by atoms with Crippen molar-refractivity contribution in [1.29, 1.82) is 0 Å². The second kappa shape index (κ2) is 14.0. The summed E-state index contributed by atoms with van der Waals surface area (Å²) in [5.74, 6) is 1.81. The maximum atomic E-state index is 6.00. The molecule has 182 valence electrons. The molecular weight excluding hydrogens is 467 g/mol. The van der Waals surface area contributed by atoms with Gasteiger partial charge in [-0.05, 0) is 95.7 Å². The van der Waals surface area contributed by atoms with Gasteiger partial charge in [0.1, 0.15) is 11.5 Å². The maximum absolute atomic E-state index is 6.00. The summed E-state index contributed by atoms with van der Waals surface area (Å²) in [5, 5.41) is 4.90. The van der Waals surface area contributed by atoms with Gasteiger partial charge in [-0.2, -0.15) is 0 Å². The van der Waals surface area contributed by atoms with Crippen LogP contribution < -0.4 is 20.9 Å². The van der Waals surface area contributed by atoms with E-state index in [0.717, 1.165) is 37.2 Å². The average molecular weight is 501 g/mol. The number of rotatable bonds is 11. The first kappa shape index (κ1) is 27.7. The highest BCUT2D eigenvalue weighted by molar-refractivity contribution is 5.88. The van der Waals surface area contributed by atoms with E-state index in [1.165, 1.54) is 32.7 Å². The van der Waals surface area contributed by atoms with Crippen LogP contribution in [0.3, 0.4) is 0 Å². The van der Waals surface area contributed by atoms with Crippen LogP contribution in [0.4, 0.5) is 0 Å². The van der Waals surface area contributed by atoms with E-state index in [4.69, 9.17) is 20.9 Å². The van der Waals surface area contributed by atoms with Gasteiger partial charge in [-0.15, -0.1) is 24.8 Å². The molecule has 4 aromatic carbocycles. The number of ether oxygens (including phenoxy) is 2. The molecule has 4 aromatic rings. The zero-order valence-electron chi connectivity index (χ0n) is 19.4. The molecule has 0 spiro atoms. The van der Waals surface area contributed by atoms with Crippen LogP contribution in [0.15, 0.2) is 72.8 Å². The molecule has 6 heteroatoms. The molecule has 0 bridgehead atoms. The smallest absolute Gasteiger partial charge is 0.119 e. The van der Waals surface area contributed by atoms with E-state index in [-0.39, 0.29) is 24.8 Å². The highest BCUT2D eigenvalue weighted by Gasteiger charge is 2.04. The largest absolute Gasteiger partial charge is 0.494 e. The van der Waals surface area contributed by atoms with Gasteiger partial charge in [-0.3, -0.25) is 0 Å². The quantitative estimate of drug-likeness (QED) is 0.245. The molecule has 0 atom stereocenters. The van der Waals surface area contributed by atoms with E-state index < -0.39 is 0 Å². The molecule has 0 saturated carbocycles. The SMILES string of the molecule is Cl.Cl.NCCc1cccc2ccc(OCCCCOc3ccc4cccc(CCN)c4c3)cc12. The highest BCUT2D eigenvalue weighted by atomic mass is 35.5. The van der Waals surface area contributed by atoms with E-state index in [9.17, 15) is 0 Å². The molecule has 0 aromatic heterocycles. The Morgan fingerprint density at radius 1 is 0.559 bits per heavy atom. The van der Waals surface area contributed by atoms with Crippen LogP contribution in [-0.4, -0.2) is 26.3 Å². The predicted octanol–water partition coefficient (Wildman–Crippen LogP) is 6.08. The van der Waals surface area contributed by atoms with Crippen molar-refractivity contribution in [2.45, 2.75) is 25.7 Å². The Bertz CT molecular complexity index is 1090. The van der Waals surface area contributed by atoms with Crippen molar-refractivity contribution in [3.63, 3.8) is 0 Å². The minimum Gasteiger partial charge on any atom is -0.494 e. The predicted molar refractivity (Wildman–Crippen MR) is 148 cm³/mol. The molecule has 0 fully saturated rings. The Morgan fingerprint density at radius 2 is 1.00 bits per heavy atom. The maximum Gasteiger partial charge on any atom is 0.119 e. The van der Waals surface area contributed by atoms with Crippen LogP contribution in [0.1, 0.15) is 24.0 Å². The molecule has 4 rings (SSSR count). The Balaban J connectivity index is 0.00000204. The van der Waals surface area contributed by atoms with Gasteiger partial charge in [0.15, 0.2) is 0 Å². The molecule has 0 radical (unpaired) electrons. The van der Waals surface area contributed by atoms with Gasteiger partial charge in [-0.1, -0.05) is 48.5 Å². The van der Waals surface area contributed by atoms with Crippen molar-refractivity contribution in [3.05, 3.63) is 83.9 Å². The number of benzene rings is 4. The van der Waals surface area contributed by atoms with E-state index in [1.54, 1.807) is 0 Å². The van der Waals surface area contributed by atoms with Crippen LogP contribution in [0, 0.1) is 0 Å². The molecule has 0 aliphatic heterocycles. The molecule has 0 aliphatic carbocycles. The monoisotopic (exact) mass is 500 g/mol. The topological polar surface area (TPSA) is 70.5 Å². The van der Waals surface area contributed by atoms with Gasteiger partial charge in [0.2, 0.25) is 0 Å². The fraction of sp³-hybridized carbons (Fsp3) is 0.286. The van der Waals surface area contributed by atoms with Crippen LogP contribution in [-0.2, 0) is 12.8 Å². The third-order valence-electron chi connectivity index (χ3n) is 5.79. The van der Waals surface area contributed by atoms with Crippen LogP contribution in [0.2, 0.25) is 0 Å². The highest BCUT2D eigenvalue weighted by Crippen LogP contribution is 2.26. The van der Waals surface area contributed by atoms with E-state index in [2.05, 4.69) is 60.7 Å². The van der Waals surface area contributed by atoms with Crippen molar-refractivity contribution in [1.82, 2.24) is 0 Å². The van der Waals surface area contributed by atoms with Crippen molar-refractivity contribution in [2.24, 2.45) is 11.5 Å². The summed E-state index contributed by atoms with van der Waals surface area (Å²) in [4.78, 5) is 0. The lowest BCUT2D eigenvalue weighted by atomic mass is 10.0. The van der Waals surface area contributed by atoms with Crippen LogP contribution >= 0.6 is 24.8 Å². The van der Waals surface area contributed by atoms with E-state index in [1.807, 2.05) is 12.1 Å². The van der Waals surface area contributed by atoms with Crippen molar-refractivity contribution in [2.75, 3.05) is 26.3 Å². The third kappa shape index (κ3) is 7.00. The first-order valence-electron chi connectivity index (χ1n) is 11.5. The molecule has 4 N–H and O–H groups in total. The first-order valence-corrected chi connectivity index (χ1v) is 11.5. The third-order valence-corrected chi connectivity index (χ3v) is 5.79. The minimum atomic E-state index is 0. The van der Waals surface area contributed by atoms with Crippen molar-refractivity contribution < 1.29 is 9.47 Å². The lowest BCUT2D eigenvalue weighted by Gasteiger charge is -2.11. The summed E-state index contributed by atoms with van der Waals surface area (Å²) in [7, 11) is 0. The molecule has 34 heavy (non-hydrogen) atoms. The zero-order chi connectivity index (χ0) is 22.2. The van der Waals surface area contributed by atoms with Gasteiger partial charge in [0.25, 0.3) is 0 Å².